The van der Waals surface area contributed by atoms with Crippen molar-refractivity contribution in [2.24, 2.45) is 10.9 Å². The Morgan fingerprint density at radius 2 is 1.93 bits per heavy atom. The van der Waals surface area contributed by atoms with Crippen LogP contribution in [0.25, 0.3) is 0 Å². The van der Waals surface area contributed by atoms with Crippen LogP contribution in [-0.4, -0.2) is 49.6 Å². The summed E-state index contributed by atoms with van der Waals surface area (Å²) >= 11 is 6.04. The van der Waals surface area contributed by atoms with Crippen molar-refractivity contribution in [3.63, 3.8) is 0 Å². The highest BCUT2D eigenvalue weighted by Crippen LogP contribution is 2.24. The van der Waals surface area contributed by atoms with Gasteiger partial charge in [0.15, 0.2) is 5.96 Å². The van der Waals surface area contributed by atoms with Gasteiger partial charge in [-0.3, -0.25) is 4.79 Å². The molecule has 2 rings (SSSR count). The number of aliphatic imine (C=N–C) groups is 1. The van der Waals surface area contributed by atoms with Crippen molar-refractivity contribution in [1.82, 2.24) is 15.5 Å². The van der Waals surface area contributed by atoms with Gasteiger partial charge in [0.05, 0.1) is 13.7 Å². The molecule has 0 radical (unpaired) electrons. The molecule has 8 heteroatoms. The molecule has 0 bridgehead atoms. The Labute approximate surface area is 203 Å². The molecule has 1 heterocycles. The van der Waals surface area contributed by atoms with Crippen LogP contribution < -0.4 is 15.4 Å². The lowest BCUT2D eigenvalue weighted by molar-refractivity contribution is -0.136. The number of hydrogen-bond acceptors (Lipinski definition) is 3. The number of amides is 1. The maximum absolute atomic E-state index is 12.6. The molecule has 0 aliphatic carbocycles. The Kier molecular flexibility index (Phi) is 12.5. The Bertz CT molecular complexity index is 690. The Morgan fingerprint density at radius 1 is 1.27 bits per heavy atom. The molecule has 170 valence electrons. The highest BCUT2D eigenvalue weighted by Gasteiger charge is 2.26. The van der Waals surface area contributed by atoms with Crippen molar-refractivity contribution in [3.8, 4) is 5.75 Å². The summed E-state index contributed by atoms with van der Waals surface area (Å²) in [7, 11) is 1.64. The van der Waals surface area contributed by atoms with Gasteiger partial charge in [-0.1, -0.05) is 31.5 Å². The first-order valence-electron chi connectivity index (χ1n) is 10.7. The van der Waals surface area contributed by atoms with E-state index in [-0.39, 0.29) is 29.9 Å². The van der Waals surface area contributed by atoms with Crippen LogP contribution in [-0.2, 0) is 11.3 Å². The number of rotatable bonds is 8. The van der Waals surface area contributed by atoms with Gasteiger partial charge < -0.3 is 20.3 Å². The summed E-state index contributed by atoms with van der Waals surface area (Å²) in [5.74, 6) is 2.00. The average molecular weight is 551 g/mol. The topological polar surface area (TPSA) is 66.0 Å². The van der Waals surface area contributed by atoms with Gasteiger partial charge in [-0.25, -0.2) is 4.99 Å². The van der Waals surface area contributed by atoms with Crippen molar-refractivity contribution >= 4 is 47.4 Å². The number of hydrogen-bond donors (Lipinski definition) is 2. The summed E-state index contributed by atoms with van der Waals surface area (Å²) in [4.78, 5) is 19.3. The molecule has 0 aromatic heterocycles. The molecule has 1 aliphatic rings. The predicted octanol–water partition coefficient (Wildman–Crippen LogP) is 4.45. The summed E-state index contributed by atoms with van der Waals surface area (Å²) in [6, 6.07) is 5.91. The number of carbonyl (C=O) groups is 1. The summed E-state index contributed by atoms with van der Waals surface area (Å²) < 4.78 is 5.41. The second-order valence-electron chi connectivity index (χ2n) is 7.41. The molecule has 1 aliphatic heterocycles. The molecule has 0 unspecified atom stereocenters. The van der Waals surface area contributed by atoms with Crippen molar-refractivity contribution in [2.45, 2.75) is 59.0 Å². The van der Waals surface area contributed by atoms with Crippen LogP contribution in [0, 0.1) is 5.92 Å². The van der Waals surface area contributed by atoms with Gasteiger partial charge in [-0.15, -0.1) is 24.0 Å². The fraction of sp³-hybridized carbons (Fsp3) is 0.636. The number of guanidine groups is 1. The number of carbonyl (C=O) groups excluding carboxylic acids is 1. The normalized spacial score (nSPS) is 15.0. The first-order chi connectivity index (χ1) is 14.0. The van der Waals surface area contributed by atoms with E-state index >= 15 is 0 Å². The lowest BCUT2D eigenvalue weighted by Gasteiger charge is -2.34. The quantitative estimate of drug-likeness (QED) is 0.285. The van der Waals surface area contributed by atoms with E-state index in [1.165, 1.54) is 0 Å². The van der Waals surface area contributed by atoms with Gasteiger partial charge in [-0.05, 0) is 44.7 Å². The molecule has 1 aromatic rings. The number of nitrogens with zero attached hydrogens (tertiary/aromatic N) is 2. The lowest BCUT2D eigenvalue weighted by atomic mass is 9.98. The van der Waals surface area contributed by atoms with E-state index in [0.29, 0.717) is 23.5 Å². The summed E-state index contributed by atoms with van der Waals surface area (Å²) in [5, 5.41) is 7.49. The fourth-order valence-corrected chi connectivity index (χ4v) is 3.83. The Morgan fingerprint density at radius 3 is 2.50 bits per heavy atom. The van der Waals surface area contributed by atoms with Gasteiger partial charge in [0.1, 0.15) is 5.75 Å². The number of ether oxygens (including phenoxy) is 1. The molecule has 1 amide bonds. The maximum atomic E-state index is 12.6. The molecule has 2 N–H and O–H groups in total. The highest BCUT2D eigenvalue weighted by molar-refractivity contribution is 14.0. The van der Waals surface area contributed by atoms with E-state index in [9.17, 15) is 4.79 Å². The van der Waals surface area contributed by atoms with Gasteiger partial charge in [0.2, 0.25) is 5.91 Å². The zero-order valence-corrected chi connectivity index (χ0v) is 21.6. The maximum Gasteiger partial charge on any atom is 0.225 e. The van der Waals surface area contributed by atoms with Crippen molar-refractivity contribution < 1.29 is 9.53 Å². The van der Waals surface area contributed by atoms with Gasteiger partial charge in [-0.2, -0.15) is 0 Å². The SMILES string of the molecule is CCNC(=NCc1ccc(Cl)cc1OC)NC1CCN(C(=O)C(CC)CC)CC1.I. The number of benzene rings is 1. The first-order valence-corrected chi connectivity index (χ1v) is 11.1. The average Bonchev–Trinajstić information content (AvgIpc) is 2.74. The summed E-state index contributed by atoms with van der Waals surface area (Å²) in [6.07, 6.45) is 3.69. The predicted molar refractivity (Wildman–Crippen MR) is 135 cm³/mol. The lowest BCUT2D eigenvalue weighted by Crippen LogP contribution is -2.50. The third kappa shape index (κ3) is 7.80. The molecular formula is C22H36ClIN4O2. The molecule has 0 saturated carbocycles. The molecule has 0 atom stereocenters. The molecule has 1 aromatic carbocycles. The van der Waals surface area contributed by atoms with E-state index in [2.05, 4.69) is 31.4 Å². The van der Waals surface area contributed by atoms with Crippen LogP contribution in [0.5, 0.6) is 5.75 Å². The fourth-order valence-electron chi connectivity index (χ4n) is 3.67. The standard InChI is InChI=1S/C22H35ClN4O2.HI/c1-5-16(6-2)21(28)27-12-10-19(11-13-27)26-22(24-7-3)25-15-17-8-9-18(23)14-20(17)29-4;/h8-9,14,16,19H,5-7,10-13,15H2,1-4H3,(H2,24,25,26);1H. The van der Waals surface area contributed by atoms with Crippen LogP contribution >= 0.6 is 35.6 Å². The number of halogens is 2. The third-order valence-electron chi connectivity index (χ3n) is 5.48. The number of piperidine rings is 1. The second kappa shape index (κ2) is 14.0. The zero-order valence-electron chi connectivity index (χ0n) is 18.5. The molecule has 30 heavy (non-hydrogen) atoms. The van der Waals surface area contributed by atoms with Gasteiger partial charge in [0, 0.05) is 42.2 Å². The van der Waals surface area contributed by atoms with Crippen molar-refractivity contribution in [1.29, 1.82) is 0 Å². The van der Waals surface area contributed by atoms with Crippen LogP contribution in [0.3, 0.4) is 0 Å². The Balaban J connectivity index is 0.00000450. The Hall–Kier alpha value is -1.22. The summed E-state index contributed by atoms with van der Waals surface area (Å²) in [5.41, 5.74) is 0.986. The van der Waals surface area contributed by atoms with Crippen LogP contribution in [0.15, 0.2) is 23.2 Å². The van der Waals surface area contributed by atoms with E-state index in [1.807, 2.05) is 17.0 Å². The monoisotopic (exact) mass is 550 g/mol. The van der Waals surface area contributed by atoms with E-state index in [0.717, 1.165) is 62.6 Å². The molecule has 1 fully saturated rings. The van der Waals surface area contributed by atoms with Crippen LogP contribution in [0.4, 0.5) is 0 Å². The van der Waals surface area contributed by atoms with Crippen LogP contribution in [0.2, 0.25) is 5.02 Å². The third-order valence-corrected chi connectivity index (χ3v) is 5.72. The summed E-state index contributed by atoms with van der Waals surface area (Å²) in [6.45, 7) is 9.13. The van der Waals surface area contributed by atoms with Gasteiger partial charge in [0.25, 0.3) is 0 Å². The van der Waals surface area contributed by atoms with E-state index < -0.39 is 0 Å². The second-order valence-corrected chi connectivity index (χ2v) is 7.85. The zero-order chi connectivity index (χ0) is 21.2. The molecule has 0 spiro atoms. The van der Waals surface area contributed by atoms with E-state index in [1.54, 1.807) is 13.2 Å². The number of methoxy groups -OCH3 is 1. The first kappa shape index (κ1) is 26.8. The largest absolute Gasteiger partial charge is 0.496 e. The molecule has 6 nitrogen and oxygen atoms in total. The van der Waals surface area contributed by atoms with E-state index in [4.69, 9.17) is 21.3 Å². The molecule has 1 saturated heterocycles. The minimum atomic E-state index is 0. The minimum Gasteiger partial charge on any atom is -0.496 e. The van der Waals surface area contributed by atoms with Gasteiger partial charge >= 0.3 is 0 Å². The minimum absolute atomic E-state index is 0. The van der Waals surface area contributed by atoms with Crippen molar-refractivity contribution in [2.75, 3.05) is 26.7 Å². The number of likely N-dealkylation sites (tertiary alicyclic amines) is 1. The van der Waals surface area contributed by atoms with Crippen LogP contribution in [0.1, 0.15) is 52.0 Å². The highest BCUT2D eigenvalue weighted by atomic mass is 127. The van der Waals surface area contributed by atoms with Crippen molar-refractivity contribution in [3.05, 3.63) is 28.8 Å². The smallest absolute Gasteiger partial charge is 0.225 e. The number of nitrogens with one attached hydrogen (secondary N) is 2. The molecular weight excluding hydrogens is 515 g/mol.